The van der Waals surface area contributed by atoms with Gasteiger partial charge in [0.2, 0.25) is 0 Å². The van der Waals surface area contributed by atoms with Crippen molar-refractivity contribution < 1.29 is 0 Å². The van der Waals surface area contributed by atoms with Crippen molar-refractivity contribution in [2.45, 2.75) is 0 Å². The van der Waals surface area contributed by atoms with Crippen molar-refractivity contribution >= 4 is 41.6 Å². The number of halogens is 2. The molecular weight excluding hydrogens is 347 g/mol. The number of rotatable bonds is 5. The van der Waals surface area contributed by atoms with E-state index in [0.717, 1.165) is 11.1 Å². The molecule has 1 aromatic heterocycles. The monoisotopic (exact) mass is 358 g/mol. The van der Waals surface area contributed by atoms with E-state index in [1.54, 1.807) is 24.6 Å². The normalized spacial score (nSPS) is 11.4. The summed E-state index contributed by atoms with van der Waals surface area (Å²) in [6.07, 6.45) is 4.68. The summed E-state index contributed by atoms with van der Waals surface area (Å²) < 4.78 is 1.45. The maximum Gasteiger partial charge on any atom is 0.265 e. The van der Waals surface area contributed by atoms with E-state index in [1.807, 2.05) is 36.4 Å². The van der Waals surface area contributed by atoms with Gasteiger partial charge in [-0.1, -0.05) is 59.6 Å². The highest BCUT2D eigenvalue weighted by molar-refractivity contribution is 6.33. The standard InChI is InChI=1S/C16H12Cl2N6/c17-14-7-3-1-5-12(14)9-19-22-16-23-20-11-24(16)21-10-13-6-2-4-8-15(13)18/h1-11H,(H,22,23)/b19-9+,21-10-. The molecular formula is C16H12Cl2N6. The molecule has 0 radical (unpaired) electrons. The van der Waals surface area contributed by atoms with Gasteiger partial charge in [-0.25, -0.2) is 5.43 Å². The number of nitrogens with one attached hydrogen (secondary N) is 1. The Morgan fingerprint density at radius 1 is 0.917 bits per heavy atom. The van der Waals surface area contributed by atoms with Gasteiger partial charge >= 0.3 is 0 Å². The number of hydrazone groups is 1. The Morgan fingerprint density at radius 3 is 2.21 bits per heavy atom. The highest BCUT2D eigenvalue weighted by atomic mass is 35.5. The van der Waals surface area contributed by atoms with Gasteiger partial charge in [-0.05, 0) is 12.1 Å². The average molecular weight is 359 g/mol. The summed E-state index contributed by atoms with van der Waals surface area (Å²) in [6.45, 7) is 0. The smallest absolute Gasteiger partial charge is 0.244 e. The number of nitrogens with zero attached hydrogens (tertiary/aromatic N) is 5. The highest BCUT2D eigenvalue weighted by Gasteiger charge is 2.01. The van der Waals surface area contributed by atoms with Crippen molar-refractivity contribution in [1.82, 2.24) is 14.9 Å². The fourth-order valence-corrected chi connectivity index (χ4v) is 2.20. The van der Waals surface area contributed by atoms with E-state index in [-0.39, 0.29) is 0 Å². The van der Waals surface area contributed by atoms with Gasteiger partial charge in [0.1, 0.15) is 6.33 Å². The zero-order chi connectivity index (χ0) is 16.8. The van der Waals surface area contributed by atoms with Gasteiger partial charge in [0.15, 0.2) is 0 Å². The molecule has 0 spiro atoms. The molecule has 0 atom stereocenters. The molecule has 0 aliphatic rings. The minimum atomic E-state index is 0.363. The van der Waals surface area contributed by atoms with E-state index < -0.39 is 0 Å². The van der Waals surface area contributed by atoms with E-state index in [2.05, 4.69) is 25.8 Å². The lowest BCUT2D eigenvalue weighted by Crippen LogP contribution is -1.99. The van der Waals surface area contributed by atoms with E-state index in [9.17, 15) is 0 Å². The first-order valence-corrected chi connectivity index (χ1v) is 7.72. The van der Waals surface area contributed by atoms with Gasteiger partial charge in [-0.2, -0.15) is 14.9 Å². The summed E-state index contributed by atoms with van der Waals surface area (Å²) in [6, 6.07) is 14.8. The largest absolute Gasteiger partial charge is 0.265 e. The van der Waals surface area contributed by atoms with Crippen molar-refractivity contribution in [2.24, 2.45) is 10.2 Å². The van der Waals surface area contributed by atoms with Gasteiger partial charge in [0, 0.05) is 21.2 Å². The third-order valence-corrected chi connectivity index (χ3v) is 3.72. The van der Waals surface area contributed by atoms with Crippen LogP contribution in [-0.4, -0.2) is 27.3 Å². The summed E-state index contributed by atoms with van der Waals surface area (Å²) >= 11 is 12.1. The van der Waals surface area contributed by atoms with E-state index in [0.29, 0.717) is 16.0 Å². The van der Waals surface area contributed by atoms with Crippen LogP contribution in [0.15, 0.2) is 65.1 Å². The number of hydrogen-bond donors (Lipinski definition) is 1. The fraction of sp³-hybridized carbons (Fsp3) is 0. The minimum Gasteiger partial charge on any atom is -0.244 e. The Balaban J connectivity index is 1.72. The maximum absolute atomic E-state index is 6.09. The summed E-state index contributed by atoms with van der Waals surface area (Å²) in [5.41, 5.74) is 4.35. The maximum atomic E-state index is 6.09. The third kappa shape index (κ3) is 3.98. The molecule has 0 saturated heterocycles. The van der Waals surface area contributed by atoms with Crippen LogP contribution in [0, 0.1) is 0 Å². The molecule has 0 unspecified atom stereocenters. The van der Waals surface area contributed by atoms with Gasteiger partial charge in [-0.3, -0.25) is 0 Å². The minimum absolute atomic E-state index is 0.363. The van der Waals surface area contributed by atoms with Crippen molar-refractivity contribution in [3.8, 4) is 0 Å². The second kappa shape index (κ2) is 7.72. The Labute approximate surface area is 148 Å². The zero-order valence-electron chi connectivity index (χ0n) is 12.3. The predicted octanol–water partition coefficient (Wildman–Crippen LogP) is 3.91. The quantitative estimate of drug-likeness (QED) is 0.555. The van der Waals surface area contributed by atoms with E-state index >= 15 is 0 Å². The highest BCUT2D eigenvalue weighted by Crippen LogP contribution is 2.14. The van der Waals surface area contributed by atoms with Crippen molar-refractivity contribution in [2.75, 3.05) is 5.43 Å². The molecule has 8 heteroatoms. The molecule has 24 heavy (non-hydrogen) atoms. The Morgan fingerprint density at radius 2 is 1.54 bits per heavy atom. The molecule has 0 saturated carbocycles. The van der Waals surface area contributed by atoms with Crippen LogP contribution in [-0.2, 0) is 0 Å². The lowest BCUT2D eigenvalue weighted by Gasteiger charge is -2.00. The lowest BCUT2D eigenvalue weighted by molar-refractivity contribution is 0.879. The summed E-state index contributed by atoms with van der Waals surface area (Å²) in [4.78, 5) is 0. The van der Waals surface area contributed by atoms with Gasteiger partial charge in [-0.15, -0.1) is 10.2 Å². The molecule has 1 N–H and O–H groups in total. The molecule has 0 amide bonds. The Hall–Kier alpha value is -2.70. The van der Waals surface area contributed by atoms with Crippen molar-refractivity contribution in [3.05, 3.63) is 76.0 Å². The third-order valence-electron chi connectivity index (χ3n) is 3.03. The molecule has 0 aliphatic carbocycles. The molecule has 2 aromatic carbocycles. The molecule has 6 nitrogen and oxygen atoms in total. The fourth-order valence-electron chi connectivity index (χ4n) is 1.83. The Kier molecular flexibility index (Phi) is 5.20. The second-order valence-corrected chi connectivity index (χ2v) is 5.47. The second-order valence-electron chi connectivity index (χ2n) is 4.66. The first-order valence-electron chi connectivity index (χ1n) is 6.96. The van der Waals surface area contributed by atoms with Crippen LogP contribution in [0.5, 0.6) is 0 Å². The Bertz CT molecular complexity index is 888. The van der Waals surface area contributed by atoms with Crippen LogP contribution in [0.2, 0.25) is 10.0 Å². The summed E-state index contributed by atoms with van der Waals surface area (Å²) in [5.74, 6) is 0.363. The van der Waals surface area contributed by atoms with Gasteiger partial charge in [0.05, 0.1) is 12.4 Å². The van der Waals surface area contributed by atoms with Gasteiger partial charge < -0.3 is 0 Å². The van der Waals surface area contributed by atoms with Crippen molar-refractivity contribution in [3.63, 3.8) is 0 Å². The summed E-state index contributed by atoms with van der Waals surface area (Å²) in [7, 11) is 0. The number of anilines is 1. The van der Waals surface area contributed by atoms with Crippen LogP contribution in [0.3, 0.4) is 0 Å². The van der Waals surface area contributed by atoms with E-state index in [4.69, 9.17) is 23.2 Å². The molecule has 3 aromatic rings. The van der Waals surface area contributed by atoms with Gasteiger partial charge in [0.25, 0.3) is 5.95 Å². The number of benzene rings is 2. The first-order chi connectivity index (χ1) is 11.7. The van der Waals surface area contributed by atoms with Crippen LogP contribution in [0.25, 0.3) is 0 Å². The van der Waals surface area contributed by atoms with Crippen LogP contribution >= 0.6 is 23.2 Å². The molecule has 120 valence electrons. The molecule has 3 rings (SSSR count). The molecule has 0 fully saturated rings. The van der Waals surface area contributed by atoms with Crippen LogP contribution < -0.4 is 5.43 Å². The molecule has 0 bridgehead atoms. The average Bonchev–Trinajstić information content (AvgIpc) is 3.03. The SMILES string of the molecule is Clc1ccccc1/C=N\n1cnnc1N/N=C/c1ccccc1Cl. The first kappa shape index (κ1) is 16.2. The molecule has 1 heterocycles. The lowest BCUT2D eigenvalue weighted by atomic mass is 10.2. The summed E-state index contributed by atoms with van der Waals surface area (Å²) in [5, 5.41) is 17.3. The van der Waals surface area contributed by atoms with Crippen LogP contribution in [0.4, 0.5) is 5.95 Å². The molecule has 0 aliphatic heterocycles. The van der Waals surface area contributed by atoms with E-state index in [1.165, 1.54) is 11.0 Å². The van der Waals surface area contributed by atoms with Crippen LogP contribution in [0.1, 0.15) is 11.1 Å². The topological polar surface area (TPSA) is 67.5 Å². The number of aromatic nitrogens is 3. The predicted molar refractivity (Wildman–Crippen MR) is 97.1 cm³/mol. The number of hydrogen-bond acceptors (Lipinski definition) is 5. The van der Waals surface area contributed by atoms with Crippen molar-refractivity contribution in [1.29, 1.82) is 0 Å². The zero-order valence-corrected chi connectivity index (χ0v) is 13.9.